The summed E-state index contributed by atoms with van der Waals surface area (Å²) < 4.78 is 20.0. The van der Waals surface area contributed by atoms with Crippen molar-refractivity contribution in [3.63, 3.8) is 0 Å². The van der Waals surface area contributed by atoms with Crippen molar-refractivity contribution in [3.05, 3.63) is 47.0 Å². The zero-order valence-electron chi connectivity index (χ0n) is 15.5. The number of hydrogen-bond donors (Lipinski definition) is 1. The third kappa shape index (κ3) is 5.40. The molecule has 0 fully saturated rings. The van der Waals surface area contributed by atoms with E-state index in [1.165, 1.54) is 18.2 Å². The van der Waals surface area contributed by atoms with Gasteiger partial charge in [0.15, 0.2) is 6.61 Å². The fraction of sp³-hybridized carbons (Fsp3) is 0.421. The maximum absolute atomic E-state index is 13.1. The number of anilines is 1. The average Bonchev–Trinajstić information content (AvgIpc) is 2.80. The van der Waals surface area contributed by atoms with E-state index in [9.17, 15) is 14.0 Å². The van der Waals surface area contributed by atoms with Gasteiger partial charge in [-0.1, -0.05) is 19.9 Å². The van der Waals surface area contributed by atoms with Crippen molar-refractivity contribution >= 4 is 17.6 Å². The summed E-state index contributed by atoms with van der Waals surface area (Å²) in [6, 6.07) is 5.51. The van der Waals surface area contributed by atoms with Gasteiger partial charge < -0.3 is 10.1 Å². The lowest BCUT2D eigenvalue weighted by molar-refractivity contribution is -0.146. The number of halogens is 1. The molecule has 0 aliphatic rings. The largest absolute Gasteiger partial charge is 0.455 e. The fourth-order valence-electron chi connectivity index (χ4n) is 2.62. The number of hydrogen-bond acceptors (Lipinski definition) is 4. The third-order valence-electron chi connectivity index (χ3n) is 3.86. The van der Waals surface area contributed by atoms with Gasteiger partial charge >= 0.3 is 5.97 Å². The molecule has 2 aromatic rings. The van der Waals surface area contributed by atoms with Gasteiger partial charge in [0.05, 0.1) is 12.1 Å². The van der Waals surface area contributed by atoms with E-state index in [1.807, 2.05) is 18.5 Å². The molecule has 2 rings (SSSR count). The Bertz CT molecular complexity index is 799. The molecule has 26 heavy (non-hydrogen) atoms. The molecule has 0 aliphatic heterocycles. The van der Waals surface area contributed by atoms with Crippen molar-refractivity contribution in [1.29, 1.82) is 0 Å². The number of rotatable bonds is 7. The van der Waals surface area contributed by atoms with Crippen LogP contribution < -0.4 is 5.32 Å². The molecule has 6 nitrogen and oxygen atoms in total. The summed E-state index contributed by atoms with van der Waals surface area (Å²) >= 11 is 0. The number of aryl methyl sites for hydroxylation is 1. The number of amides is 1. The van der Waals surface area contributed by atoms with Crippen LogP contribution in [0.25, 0.3) is 0 Å². The summed E-state index contributed by atoms with van der Waals surface area (Å²) in [6.45, 7) is 8.32. The normalized spacial score (nSPS) is 10.8. The lowest BCUT2D eigenvalue weighted by atomic mass is 10.1. The number of nitrogens with zero attached hydrogens (tertiary/aromatic N) is 2. The van der Waals surface area contributed by atoms with Crippen molar-refractivity contribution in [2.24, 2.45) is 5.92 Å². The van der Waals surface area contributed by atoms with Gasteiger partial charge in [0, 0.05) is 23.5 Å². The summed E-state index contributed by atoms with van der Waals surface area (Å²) in [5.74, 6) is -1.04. The number of esters is 1. The zero-order chi connectivity index (χ0) is 19.3. The highest BCUT2D eigenvalue weighted by atomic mass is 19.1. The lowest BCUT2D eigenvalue weighted by Gasteiger charge is -2.08. The Labute approximate surface area is 152 Å². The first-order valence-electron chi connectivity index (χ1n) is 8.50. The molecular weight excluding hydrogens is 337 g/mol. The van der Waals surface area contributed by atoms with Crippen LogP contribution in [0.3, 0.4) is 0 Å². The predicted octanol–water partition coefficient (Wildman–Crippen LogP) is 3.02. The SMILES string of the molecule is Cc1nn(CC(C)C)c(C)c1CC(=O)OCC(=O)Nc1cccc(F)c1. The molecule has 1 N–H and O–H groups in total. The Morgan fingerprint density at radius 1 is 1.31 bits per heavy atom. The molecule has 7 heteroatoms. The third-order valence-corrected chi connectivity index (χ3v) is 3.86. The first-order valence-corrected chi connectivity index (χ1v) is 8.50. The number of nitrogens with one attached hydrogen (secondary N) is 1. The minimum Gasteiger partial charge on any atom is -0.455 e. The van der Waals surface area contributed by atoms with Crippen molar-refractivity contribution < 1.29 is 18.7 Å². The summed E-state index contributed by atoms with van der Waals surface area (Å²) in [6.07, 6.45) is 0.0585. The molecule has 0 spiro atoms. The number of benzene rings is 1. The van der Waals surface area contributed by atoms with Gasteiger partial charge in [-0.05, 0) is 38.0 Å². The molecule has 140 valence electrons. The van der Waals surface area contributed by atoms with Gasteiger partial charge in [-0.15, -0.1) is 0 Å². The second-order valence-corrected chi connectivity index (χ2v) is 6.62. The van der Waals surface area contributed by atoms with Crippen molar-refractivity contribution in [1.82, 2.24) is 9.78 Å². The minimum absolute atomic E-state index is 0.0585. The maximum Gasteiger partial charge on any atom is 0.310 e. The van der Waals surface area contributed by atoms with E-state index < -0.39 is 24.3 Å². The second kappa shape index (κ2) is 8.60. The number of aromatic nitrogens is 2. The predicted molar refractivity (Wildman–Crippen MR) is 96.2 cm³/mol. The number of carbonyl (C=O) groups excluding carboxylic acids is 2. The van der Waals surface area contributed by atoms with E-state index >= 15 is 0 Å². The Kier molecular flexibility index (Phi) is 6.49. The molecule has 1 heterocycles. The number of carbonyl (C=O) groups is 2. The van der Waals surface area contributed by atoms with E-state index in [4.69, 9.17) is 4.74 Å². The number of ether oxygens (including phenoxy) is 1. The minimum atomic E-state index is -0.520. The Hall–Kier alpha value is -2.70. The molecular formula is C19H24FN3O3. The van der Waals surface area contributed by atoms with Gasteiger partial charge in [-0.25, -0.2) is 4.39 Å². The van der Waals surface area contributed by atoms with E-state index in [0.717, 1.165) is 23.5 Å². The molecule has 0 atom stereocenters. The second-order valence-electron chi connectivity index (χ2n) is 6.62. The highest BCUT2D eigenvalue weighted by Gasteiger charge is 2.17. The lowest BCUT2D eigenvalue weighted by Crippen LogP contribution is -2.22. The molecule has 0 saturated carbocycles. The van der Waals surface area contributed by atoms with Crippen LogP contribution in [-0.4, -0.2) is 28.3 Å². The first-order chi connectivity index (χ1) is 12.3. The maximum atomic E-state index is 13.1. The summed E-state index contributed by atoms with van der Waals surface area (Å²) in [5.41, 5.74) is 2.84. The molecule has 0 aliphatic carbocycles. The molecule has 0 bridgehead atoms. The zero-order valence-corrected chi connectivity index (χ0v) is 15.5. The van der Waals surface area contributed by atoms with Gasteiger partial charge in [0.25, 0.3) is 5.91 Å². The fourth-order valence-corrected chi connectivity index (χ4v) is 2.62. The summed E-state index contributed by atoms with van der Waals surface area (Å²) in [5, 5.41) is 6.93. The standard InChI is InChI=1S/C19H24FN3O3/c1-12(2)10-23-14(4)17(13(3)22-23)9-19(25)26-11-18(24)21-16-7-5-6-15(20)8-16/h5-8,12H,9-11H2,1-4H3,(H,21,24). The highest BCUT2D eigenvalue weighted by molar-refractivity contribution is 5.92. The van der Waals surface area contributed by atoms with E-state index in [2.05, 4.69) is 24.3 Å². The molecule has 0 unspecified atom stereocenters. The van der Waals surface area contributed by atoms with Gasteiger partial charge in [-0.3, -0.25) is 14.3 Å². The van der Waals surface area contributed by atoms with Crippen LogP contribution in [0, 0.1) is 25.6 Å². The van der Waals surface area contributed by atoms with Gasteiger partial charge in [0.1, 0.15) is 5.82 Å². The Morgan fingerprint density at radius 2 is 2.04 bits per heavy atom. The van der Waals surface area contributed by atoms with Crippen molar-refractivity contribution in [3.8, 4) is 0 Å². The van der Waals surface area contributed by atoms with Crippen LogP contribution in [0.4, 0.5) is 10.1 Å². The molecule has 0 saturated heterocycles. The van der Waals surface area contributed by atoms with Crippen molar-refractivity contribution in [2.45, 2.75) is 40.7 Å². The van der Waals surface area contributed by atoms with E-state index in [1.54, 1.807) is 6.07 Å². The monoisotopic (exact) mass is 361 g/mol. The highest BCUT2D eigenvalue weighted by Crippen LogP contribution is 2.16. The summed E-state index contributed by atoms with van der Waals surface area (Å²) in [7, 11) is 0. The van der Waals surface area contributed by atoms with Crippen molar-refractivity contribution in [2.75, 3.05) is 11.9 Å². The van der Waals surface area contributed by atoms with E-state index in [-0.39, 0.29) is 6.42 Å². The van der Waals surface area contributed by atoms with Crippen LogP contribution in [0.15, 0.2) is 24.3 Å². The van der Waals surface area contributed by atoms with Crippen LogP contribution in [0.1, 0.15) is 30.8 Å². The van der Waals surface area contributed by atoms with Crippen LogP contribution in [0.5, 0.6) is 0 Å². The molecule has 1 aromatic carbocycles. The first kappa shape index (κ1) is 19.6. The van der Waals surface area contributed by atoms with Crippen LogP contribution in [0.2, 0.25) is 0 Å². The van der Waals surface area contributed by atoms with Gasteiger partial charge in [-0.2, -0.15) is 5.10 Å². The Morgan fingerprint density at radius 3 is 2.69 bits per heavy atom. The smallest absolute Gasteiger partial charge is 0.310 e. The van der Waals surface area contributed by atoms with Crippen LogP contribution in [-0.2, 0) is 27.3 Å². The Balaban J connectivity index is 1.89. The molecule has 0 radical (unpaired) electrons. The topological polar surface area (TPSA) is 73.2 Å². The summed E-state index contributed by atoms with van der Waals surface area (Å²) in [4.78, 5) is 23.9. The van der Waals surface area contributed by atoms with Crippen LogP contribution >= 0.6 is 0 Å². The van der Waals surface area contributed by atoms with E-state index in [0.29, 0.717) is 11.6 Å². The average molecular weight is 361 g/mol. The van der Waals surface area contributed by atoms with Gasteiger partial charge in [0.2, 0.25) is 0 Å². The molecule has 1 amide bonds. The molecule has 1 aromatic heterocycles. The quantitative estimate of drug-likeness (QED) is 0.770.